The lowest BCUT2D eigenvalue weighted by Crippen LogP contribution is -1.96. The van der Waals surface area contributed by atoms with Crippen LogP contribution in [0, 0.1) is 0 Å². The molecule has 0 aliphatic heterocycles. The first-order valence-corrected chi connectivity index (χ1v) is 8.27. The molecule has 0 amide bonds. The van der Waals surface area contributed by atoms with Crippen molar-refractivity contribution in [1.82, 2.24) is 0 Å². The lowest BCUT2D eigenvalue weighted by atomic mass is 10.1. The van der Waals surface area contributed by atoms with Gasteiger partial charge in [-0.1, -0.05) is 0 Å². The van der Waals surface area contributed by atoms with Crippen molar-refractivity contribution in [3.05, 3.63) is 48.5 Å². The Labute approximate surface area is 147 Å². The van der Waals surface area contributed by atoms with Crippen LogP contribution in [0.5, 0.6) is 11.5 Å². The monoisotopic (exact) mass is 338 g/mol. The van der Waals surface area contributed by atoms with Gasteiger partial charge in [-0.05, 0) is 50.2 Å². The van der Waals surface area contributed by atoms with Crippen LogP contribution in [0.2, 0.25) is 0 Å². The number of ether oxygens (including phenoxy) is 2. The lowest BCUT2D eigenvalue weighted by Gasteiger charge is -2.10. The molecule has 0 saturated carbocycles. The van der Waals surface area contributed by atoms with Crippen molar-refractivity contribution in [1.29, 1.82) is 0 Å². The van der Waals surface area contributed by atoms with Gasteiger partial charge in [-0.15, -0.1) is 0 Å². The molecule has 4 N–H and O–H groups in total. The summed E-state index contributed by atoms with van der Waals surface area (Å²) in [5.74, 6) is 2.81. The molecular formula is C20H22N2O3. The molecule has 2 aromatic carbocycles. The Hall–Kier alpha value is -3.08. The van der Waals surface area contributed by atoms with Gasteiger partial charge in [0.2, 0.25) is 0 Å². The average Bonchev–Trinajstić information content (AvgIpc) is 3.05. The highest BCUT2D eigenvalue weighted by Crippen LogP contribution is 2.38. The van der Waals surface area contributed by atoms with E-state index in [2.05, 4.69) is 0 Å². The maximum atomic E-state index is 6.07. The predicted octanol–water partition coefficient (Wildman–Crippen LogP) is 4.58. The minimum Gasteiger partial charge on any atom is -0.493 e. The molecule has 1 heterocycles. The van der Waals surface area contributed by atoms with Crippen LogP contribution in [-0.2, 0) is 0 Å². The van der Waals surface area contributed by atoms with Gasteiger partial charge in [-0.25, -0.2) is 0 Å². The summed E-state index contributed by atoms with van der Waals surface area (Å²) in [5, 5.41) is 0. The Balaban J connectivity index is 2.02. The highest BCUT2D eigenvalue weighted by molar-refractivity contribution is 5.74. The Bertz CT molecular complexity index is 801. The molecule has 5 nitrogen and oxygen atoms in total. The van der Waals surface area contributed by atoms with E-state index in [-0.39, 0.29) is 0 Å². The summed E-state index contributed by atoms with van der Waals surface area (Å²) < 4.78 is 17.4. The standard InChI is InChI=1S/C20H22N2O3/c1-3-23-19-11-13(21)5-7-15(19)17-9-10-18(25-17)16-8-6-14(22)12-20(16)24-4-2/h5-12H,3-4,21-22H2,1-2H3. The number of rotatable bonds is 6. The first-order valence-electron chi connectivity index (χ1n) is 8.27. The average molecular weight is 338 g/mol. The molecule has 0 fully saturated rings. The van der Waals surface area contributed by atoms with Gasteiger partial charge in [0.1, 0.15) is 23.0 Å². The molecule has 3 rings (SSSR count). The molecule has 0 saturated heterocycles. The molecule has 130 valence electrons. The van der Waals surface area contributed by atoms with E-state index in [1.165, 1.54) is 0 Å². The number of nitrogen functional groups attached to an aromatic ring is 2. The smallest absolute Gasteiger partial charge is 0.138 e. The molecule has 0 unspecified atom stereocenters. The number of furan rings is 1. The first-order chi connectivity index (χ1) is 12.1. The first kappa shape index (κ1) is 16.8. The maximum absolute atomic E-state index is 6.07. The molecular weight excluding hydrogens is 316 g/mol. The second kappa shape index (κ2) is 7.21. The van der Waals surface area contributed by atoms with E-state index >= 15 is 0 Å². The number of nitrogens with two attached hydrogens (primary N) is 2. The van der Waals surface area contributed by atoms with E-state index < -0.39 is 0 Å². The van der Waals surface area contributed by atoms with E-state index in [0.717, 1.165) is 11.1 Å². The summed E-state index contributed by atoms with van der Waals surface area (Å²) in [6.45, 7) is 4.97. The highest BCUT2D eigenvalue weighted by Gasteiger charge is 2.15. The van der Waals surface area contributed by atoms with Crippen molar-refractivity contribution in [2.24, 2.45) is 0 Å². The van der Waals surface area contributed by atoms with Gasteiger partial charge in [0.15, 0.2) is 0 Å². The van der Waals surface area contributed by atoms with Crippen molar-refractivity contribution in [2.45, 2.75) is 13.8 Å². The van der Waals surface area contributed by atoms with Crippen LogP contribution in [0.3, 0.4) is 0 Å². The fraction of sp³-hybridized carbons (Fsp3) is 0.200. The van der Waals surface area contributed by atoms with Gasteiger partial charge in [0.05, 0.1) is 24.3 Å². The summed E-state index contributed by atoms with van der Waals surface area (Å²) in [6, 6.07) is 14.9. The number of hydrogen-bond acceptors (Lipinski definition) is 5. The minimum atomic E-state index is 0.552. The molecule has 0 bridgehead atoms. The summed E-state index contributed by atoms with van der Waals surface area (Å²) in [6.07, 6.45) is 0. The topological polar surface area (TPSA) is 83.6 Å². The van der Waals surface area contributed by atoms with E-state index in [1.54, 1.807) is 12.1 Å². The Morgan fingerprint density at radius 1 is 0.720 bits per heavy atom. The molecule has 0 radical (unpaired) electrons. The third kappa shape index (κ3) is 3.55. The zero-order chi connectivity index (χ0) is 17.8. The van der Waals surface area contributed by atoms with Gasteiger partial charge < -0.3 is 25.4 Å². The van der Waals surface area contributed by atoms with Crippen LogP contribution in [0.4, 0.5) is 11.4 Å². The number of hydrogen-bond donors (Lipinski definition) is 2. The molecule has 5 heteroatoms. The Morgan fingerprint density at radius 2 is 1.16 bits per heavy atom. The number of benzene rings is 2. The Kier molecular flexibility index (Phi) is 4.84. The second-order valence-electron chi connectivity index (χ2n) is 5.54. The maximum Gasteiger partial charge on any atom is 0.138 e. The van der Waals surface area contributed by atoms with Crippen LogP contribution < -0.4 is 20.9 Å². The van der Waals surface area contributed by atoms with Crippen LogP contribution >= 0.6 is 0 Å². The SMILES string of the molecule is CCOc1cc(N)ccc1-c1ccc(-c2ccc(N)cc2OCC)o1. The van der Waals surface area contributed by atoms with Gasteiger partial charge >= 0.3 is 0 Å². The molecule has 1 aromatic heterocycles. The second-order valence-corrected chi connectivity index (χ2v) is 5.54. The highest BCUT2D eigenvalue weighted by atomic mass is 16.5. The fourth-order valence-corrected chi connectivity index (χ4v) is 2.66. The van der Waals surface area contributed by atoms with Gasteiger partial charge in [-0.3, -0.25) is 0 Å². The molecule has 0 aliphatic rings. The summed E-state index contributed by atoms with van der Waals surface area (Å²) in [7, 11) is 0. The molecule has 25 heavy (non-hydrogen) atoms. The zero-order valence-corrected chi connectivity index (χ0v) is 14.4. The van der Waals surface area contributed by atoms with Crippen molar-refractivity contribution in [3.8, 4) is 34.1 Å². The van der Waals surface area contributed by atoms with Gasteiger partial charge in [0, 0.05) is 23.5 Å². The summed E-state index contributed by atoms with van der Waals surface area (Å²) in [5.41, 5.74) is 14.7. The van der Waals surface area contributed by atoms with Crippen LogP contribution in [0.25, 0.3) is 22.6 Å². The normalized spacial score (nSPS) is 10.6. The number of anilines is 2. The summed E-state index contributed by atoms with van der Waals surface area (Å²) >= 11 is 0. The van der Waals surface area contributed by atoms with E-state index in [0.29, 0.717) is 47.6 Å². The molecule has 0 aliphatic carbocycles. The predicted molar refractivity (Wildman–Crippen MR) is 101 cm³/mol. The molecule has 3 aromatic rings. The van der Waals surface area contributed by atoms with Gasteiger partial charge in [-0.2, -0.15) is 0 Å². The zero-order valence-electron chi connectivity index (χ0n) is 14.4. The quantitative estimate of drug-likeness (QED) is 0.643. The van der Waals surface area contributed by atoms with E-state index in [4.69, 9.17) is 25.4 Å². The van der Waals surface area contributed by atoms with Gasteiger partial charge in [0.25, 0.3) is 0 Å². The van der Waals surface area contributed by atoms with Crippen LogP contribution in [-0.4, -0.2) is 13.2 Å². The molecule has 0 spiro atoms. The van der Waals surface area contributed by atoms with E-state index in [1.807, 2.05) is 50.2 Å². The fourth-order valence-electron chi connectivity index (χ4n) is 2.66. The van der Waals surface area contributed by atoms with Crippen molar-refractivity contribution < 1.29 is 13.9 Å². The van der Waals surface area contributed by atoms with Crippen molar-refractivity contribution in [2.75, 3.05) is 24.7 Å². The lowest BCUT2D eigenvalue weighted by molar-refractivity contribution is 0.340. The third-order valence-corrected chi connectivity index (χ3v) is 3.75. The minimum absolute atomic E-state index is 0.552. The Morgan fingerprint density at radius 3 is 1.56 bits per heavy atom. The van der Waals surface area contributed by atoms with Crippen LogP contribution in [0.15, 0.2) is 52.9 Å². The third-order valence-electron chi connectivity index (χ3n) is 3.75. The summed E-state index contributed by atoms with van der Waals surface area (Å²) in [4.78, 5) is 0. The largest absolute Gasteiger partial charge is 0.493 e. The van der Waals surface area contributed by atoms with Crippen molar-refractivity contribution in [3.63, 3.8) is 0 Å². The van der Waals surface area contributed by atoms with E-state index in [9.17, 15) is 0 Å². The van der Waals surface area contributed by atoms with Crippen molar-refractivity contribution >= 4 is 11.4 Å². The molecule has 0 atom stereocenters. The van der Waals surface area contributed by atoms with Crippen LogP contribution in [0.1, 0.15) is 13.8 Å².